The number of carbonyl (C=O) groups is 1. The standard InChI is InChI=1S/C20H23N3O4/c1-13-22-17-11-14(20(24)21-12-19(26-3)27-4)5-10-18(17)23(13)15-6-8-16(25-2)9-7-15/h5-11,19H,12H2,1-4H3,(H,21,24). The largest absolute Gasteiger partial charge is 0.497 e. The average molecular weight is 369 g/mol. The predicted octanol–water partition coefficient (Wildman–Crippen LogP) is 2.69. The van der Waals surface area contributed by atoms with Gasteiger partial charge in [-0.15, -0.1) is 0 Å². The zero-order valence-electron chi connectivity index (χ0n) is 15.9. The predicted molar refractivity (Wildman–Crippen MR) is 102 cm³/mol. The molecule has 1 N–H and O–H groups in total. The molecule has 0 saturated heterocycles. The summed E-state index contributed by atoms with van der Waals surface area (Å²) in [7, 11) is 4.70. The zero-order valence-corrected chi connectivity index (χ0v) is 15.9. The molecule has 142 valence electrons. The maximum atomic E-state index is 12.4. The summed E-state index contributed by atoms with van der Waals surface area (Å²) in [5.41, 5.74) is 3.20. The van der Waals surface area contributed by atoms with E-state index in [1.165, 1.54) is 14.2 Å². The normalized spacial score (nSPS) is 11.1. The Kier molecular flexibility index (Phi) is 5.73. The minimum absolute atomic E-state index is 0.201. The highest BCUT2D eigenvalue weighted by Gasteiger charge is 2.14. The van der Waals surface area contributed by atoms with E-state index in [2.05, 4.69) is 10.3 Å². The zero-order chi connectivity index (χ0) is 19.4. The Labute approximate surface area is 157 Å². The summed E-state index contributed by atoms with van der Waals surface area (Å²) >= 11 is 0. The second-order valence-corrected chi connectivity index (χ2v) is 6.01. The van der Waals surface area contributed by atoms with Crippen molar-refractivity contribution < 1.29 is 19.0 Å². The van der Waals surface area contributed by atoms with E-state index >= 15 is 0 Å². The molecular formula is C20H23N3O4. The van der Waals surface area contributed by atoms with Crippen LogP contribution in [0, 0.1) is 6.92 Å². The van der Waals surface area contributed by atoms with Gasteiger partial charge < -0.3 is 19.5 Å². The average Bonchev–Trinajstić information content (AvgIpc) is 3.03. The summed E-state index contributed by atoms with van der Waals surface area (Å²) in [5, 5.41) is 2.79. The molecule has 0 atom stereocenters. The molecule has 27 heavy (non-hydrogen) atoms. The van der Waals surface area contributed by atoms with Gasteiger partial charge in [-0.25, -0.2) is 4.98 Å². The van der Waals surface area contributed by atoms with E-state index in [0.29, 0.717) is 5.56 Å². The van der Waals surface area contributed by atoms with Crippen LogP contribution < -0.4 is 10.1 Å². The van der Waals surface area contributed by atoms with Crippen molar-refractivity contribution in [2.75, 3.05) is 27.9 Å². The van der Waals surface area contributed by atoms with Crippen LogP contribution in [0.3, 0.4) is 0 Å². The van der Waals surface area contributed by atoms with Crippen molar-refractivity contribution in [1.82, 2.24) is 14.9 Å². The molecule has 0 fully saturated rings. The molecule has 1 heterocycles. The lowest BCUT2D eigenvalue weighted by atomic mass is 10.2. The summed E-state index contributed by atoms with van der Waals surface area (Å²) in [6.07, 6.45) is -0.478. The van der Waals surface area contributed by atoms with Crippen molar-refractivity contribution in [3.63, 3.8) is 0 Å². The number of hydrogen-bond donors (Lipinski definition) is 1. The molecule has 1 amide bonds. The van der Waals surface area contributed by atoms with Gasteiger partial charge in [-0.05, 0) is 49.4 Å². The molecule has 1 aromatic heterocycles. The lowest BCUT2D eigenvalue weighted by Gasteiger charge is -2.14. The van der Waals surface area contributed by atoms with Crippen molar-refractivity contribution in [2.24, 2.45) is 0 Å². The van der Waals surface area contributed by atoms with Gasteiger partial charge in [0.2, 0.25) is 0 Å². The quantitative estimate of drug-likeness (QED) is 0.648. The number of benzene rings is 2. The first-order valence-corrected chi connectivity index (χ1v) is 8.54. The number of ether oxygens (including phenoxy) is 3. The molecule has 0 bridgehead atoms. The highest BCUT2D eigenvalue weighted by atomic mass is 16.7. The Bertz CT molecular complexity index is 930. The van der Waals surface area contributed by atoms with Crippen molar-refractivity contribution in [2.45, 2.75) is 13.2 Å². The number of hydrogen-bond acceptors (Lipinski definition) is 5. The molecule has 0 aliphatic heterocycles. The van der Waals surface area contributed by atoms with Crippen LogP contribution in [0.4, 0.5) is 0 Å². The molecule has 3 aromatic rings. The number of fused-ring (bicyclic) bond motifs is 1. The van der Waals surface area contributed by atoms with E-state index < -0.39 is 6.29 Å². The van der Waals surface area contributed by atoms with E-state index in [-0.39, 0.29) is 12.5 Å². The van der Waals surface area contributed by atoms with Crippen LogP contribution in [0.15, 0.2) is 42.5 Å². The van der Waals surface area contributed by atoms with Gasteiger partial charge in [0.05, 0.1) is 24.7 Å². The minimum atomic E-state index is -0.478. The number of rotatable bonds is 7. The highest BCUT2D eigenvalue weighted by Crippen LogP contribution is 2.24. The number of nitrogens with one attached hydrogen (secondary N) is 1. The van der Waals surface area contributed by atoms with Crippen LogP contribution >= 0.6 is 0 Å². The molecule has 0 spiro atoms. The molecule has 0 aliphatic carbocycles. The molecule has 2 aromatic carbocycles. The fourth-order valence-corrected chi connectivity index (χ4v) is 2.94. The van der Waals surface area contributed by atoms with E-state index in [1.54, 1.807) is 19.2 Å². The van der Waals surface area contributed by atoms with Gasteiger partial charge >= 0.3 is 0 Å². The molecule has 0 saturated carbocycles. The first-order valence-electron chi connectivity index (χ1n) is 8.54. The van der Waals surface area contributed by atoms with Gasteiger partial charge in [-0.1, -0.05) is 0 Å². The van der Waals surface area contributed by atoms with E-state index in [1.807, 2.05) is 41.8 Å². The van der Waals surface area contributed by atoms with Crippen LogP contribution in [-0.2, 0) is 9.47 Å². The van der Waals surface area contributed by atoms with Gasteiger partial charge in [0, 0.05) is 25.5 Å². The molecule has 0 aliphatic rings. The number of imidazole rings is 1. The first kappa shape index (κ1) is 18.9. The third-order valence-electron chi connectivity index (χ3n) is 4.37. The molecule has 0 unspecified atom stereocenters. The van der Waals surface area contributed by atoms with Crippen LogP contribution in [0.1, 0.15) is 16.2 Å². The maximum Gasteiger partial charge on any atom is 0.251 e. The highest BCUT2D eigenvalue weighted by molar-refractivity contribution is 5.97. The number of nitrogens with zero attached hydrogens (tertiary/aromatic N) is 2. The van der Waals surface area contributed by atoms with Crippen molar-refractivity contribution in [1.29, 1.82) is 0 Å². The summed E-state index contributed by atoms with van der Waals surface area (Å²) < 4.78 is 17.4. The Morgan fingerprint density at radius 3 is 2.44 bits per heavy atom. The fourth-order valence-electron chi connectivity index (χ4n) is 2.94. The summed E-state index contributed by atoms with van der Waals surface area (Å²) in [4.78, 5) is 17.0. The molecule has 7 nitrogen and oxygen atoms in total. The Morgan fingerprint density at radius 2 is 1.81 bits per heavy atom. The second-order valence-electron chi connectivity index (χ2n) is 6.01. The molecule has 7 heteroatoms. The number of carbonyl (C=O) groups excluding carboxylic acids is 1. The monoisotopic (exact) mass is 369 g/mol. The summed E-state index contributed by atoms with van der Waals surface area (Å²) in [6.45, 7) is 2.20. The second kappa shape index (κ2) is 8.20. The smallest absolute Gasteiger partial charge is 0.251 e. The number of amides is 1. The molecule has 0 radical (unpaired) electrons. The third kappa shape index (κ3) is 3.94. The topological polar surface area (TPSA) is 74.6 Å². The Hall–Kier alpha value is -2.90. The Balaban J connectivity index is 1.87. The maximum absolute atomic E-state index is 12.4. The number of aryl methyl sites for hydroxylation is 1. The van der Waals surface area contributed by atoms with Gasteiger partial charge in [0.1, 0.15) is 11.6 Å². The van der Waals surface area contributed by atoms with Gasteiger partial charge in [-0.2, -0.15) is 0 Å². The summed E-state index contributed by atoms with van der Waals surface area (Å²) in [5.74, 6) is 1.43. The first-order chi connectivity index (χ1) is 13.1. The van der Waals surface area contributed by atoms with Gasteiger partial charge in [0.15, 0.2) is 6.29 Å². The van der Waals surface area contributed by atoms with Crippen molar-refractivity contribution in [3.05, 3.63) is 53.9 Å². The lowest BCUT2D eigenvalue weighted by Crippen LogP contribution is -2.34. The van der Waals surface area contributed by atoms with Gasteiger partial charge in [0.25, 0.3) is 5.91 Å². The summed E-state index contributed by atoms with van der Waals surface area (Å²) in [6, 6.07) is 13.2. The van der Waals surface area contributed by atoms with Crippen LogP contribution in [0.5, 0.6) is 5.75 Å². The fraction of sp³-hybridized carbons (Fsp3) is 0.300. The SMILES string of the molecule is COc1ccc(-n2c(C)nc3cc(C(=O)NCC(OC)OC)ccc32)cc1. The van der Waals surface area contributed by atoms with Crippen LogP contribution in [0.25, 0.3) is 16.7 Å². The van der Waals surface area contributed by atoms with E-state index in [4.69, 9.17) is 14.2 Å². The van der Waals surface area contributed by atoms with Gasteiger partial charge in [-0.3, -0.25) is 9.36 Å². The molecule has 3 rings (SSSR count). The van der Waals surface area contributed by atoms with E-state index in [0.717, 1.165) is 28.3 Å². The minimum Gasteiger partial charge on any atom is -0.497 e. The third-order valence-corrected chi connectivity index (χ3v) is 4.37. The molecular weight excluding hydrogens is 346 g/mol. The number of aromatic nitrogens is 2. The van der Waals surface area contributed by atoms with E-state index in [9.17, 15) is 4.79 Å². The van der Waals surface area contributed by atoms with Crippen LogP contribution in [0.2, 0.25) is 0 Å². The lowest BCUT2D eigenvalue weighted by molar-refractivity contribution is -0.0974. The van der Waals surface area contributed by atoms with Crippen LogP contribution in [-0.4, -0.2) is 49.6 Å². The van der Waals surface area contributed by atoms with Crippen molar-refractivity contribution >= 4 is 16.9 Å². The van der Waals surface area contributed by atoms with Crippen molar-refractivity contribution in [3.8, 4) is 11.4 Å². The Morgan fingerprint density at radius 1 is 1.11 bits per heavy atom. The number of methoxy groups -OCH3 is 3.